The molecular formula is C24H23N3O2. The summed E-state index contributed by atoms with van der Waals surface area (Å²) in [4.78, 5) is 18.5. The Labute approximate surface area is 169 Å². The number of benzene rings is 2. The molecule has 0 bridgehead atoms. The first-order valence-electron chi connectivity index (χ1n) is 9.60. The van der Waals surface area contributed by atoms with E-state index in [0.29, 0.717) is 5.56 Å². The van der Waals surface area contributed by atoms with Crippen LogP contribution in [0.5, 0.6) is 0 Å². The van der Waals surface area contributed by atoms with Crippen LogP contribution >= 0.6 is 0 Å². The van der Waals surface area contributed by atoms with E-state index in [-0.39, 0.29) is 6.10 Å². The van der Waals surface area contributed by atoms with Gasteiger partial charge < -0.3 is 15.8 Å². The molecule has 29 heavy (non-hydrogen) atoms. The SMILES string of the molecule is Cc1c[nH]c2nccc(-c3ccc(C(N)=O)cc3)c12.OC1Cc2ccccc2C1. The van der Waals surface area contributed by atoms with Crippen LogP contribution in [0.4, 0.5) is 0 Å². The summed E-state index contributed by atoms with van der Waals surface area (Å²) in [6, 6.07) is 17.5. The van der Waals surface area contributed by atoms with Crippen LogP contribution in [0.2, 0.25) is 0 Å². The number of pyridine rings is 1. The van der Waals surface area contributed by atoms with E-state index < -0.39 is 5.91 Å². The number of aliphatic hydroxyl groups is 1. The van der Waals surface area contributed by atoms with Gasteiger partial charge in [0.15, 0.2) is 0 Å². The summed E-state index contributed by atoms with van der Waals surface area (Å²) in [5.74, 6) is -0.413. The van der Waals surface area contributed by atoms with Crippen LogP contribution in [-0.2, 0) is 12.8 Å². The maximum absolute atomic E-state index is 11.1. The number of hydrogen-bond acceptors (Lipinski definition) is 3. The lowest BCUT2D eigenvalue weighted by atomic mass is 10.0. The zero-order valence-electron chi connectivity index (χ0n) is 16.2. The highest BCUT2D eigenvalue weighted by atomic mass is 16.3. The molecule has 2 aromatic carbocycles. The maximum atomic E-state index is 11.1. The zero-order valence-corrected chi connectivity index (χ0v) is 16.2. The minimum absolute atomic E-state index is 0.127. The average Bonchev–Trinajstić information content (AvgIpc) is 3.30. The molecule has 5 rings (SSSR count). The van der Waals surface area contributed by atoms with Gasteiger partial charge in [0.05, 0.1) is 6.10 Å². The Bertz CT molecular complexity index is 1140. The van der Waals surface area contributed by atoms with E-state index in [4.69, 9.17) is 5.73 Å². The Balaban J connectivity index is 0.000000171. The summed E-state index contributed by atoms with van der Waals surface area (Å²) in [6.07, 6.45) is 5.28. The van der Waals surface area contributed by atoms with E-state index in [1.54, 1.807) is 18.3 Å². The van der Waals surface area contributed by atoms with Gasteiger partial charge in [-0.2, -0.15) is 0 Å². The van der Waals surface area contributed by atoms with Crippen molar-refractivity contribution in [2.45, 2.75) is 25.9 Å². The fraction of sp³-hybridized carbons (Fsp3) is 0.167. The first-order chi connectivity index (χ1) is 14.0. The molecule has 5 nitrogen and oxygen atoms in total. The molecule has 1 amide bonds. The van der Waals surface area contributed by atoms with Crippen LogP contribution in [0.3, 0.4) is 0 Å². The van der Waals surface area contributed by atoms with Crippen LogP contribution in [0.15, 0.2) is 67.0 Å². The lowest BCUT2D eigenvalue weighted by Gasteiger charge is -2.05. The fourth-order valence-electron chi connectivity index (χ4n) is 3.81. The number of nitrogens with zero attached hydrogens (tertiary/aromatic N) is 1. The summed E-state index contributed by atoms with van der Waals surface area (Å²) in [5, 5.41) is 10.4. The smallest absolute Gasteiger partial charge is 0.248 e. The molecule has 4 N–H and O–H groups in total. The molecule has 0 spiro atoms. The van der Waals surface area contributed by atoms with Crippen molar-refractivity contribution in [3.05, 3.63) is 89.2 Å². The summed E-state index contributed by atoms with van der Waals surface area (Å²) in [6.45, 7) is 2.04. The lowest BCUT2D eigenvalue weighted by Crippen LogP contribution is -2.10. The third-order valence-electron chi connectivity index (χ3n) is 5.28. The van der Waals surface area contributed by atoms with Gasteiger partial charge in [-0.15, -0.1) is 0 Å². The first-order valence-corrected chi connectivity index (χ1v) is 9.60. The van der Waals surface area contributed by atoms with Crippen molar-refractivity contribution in [2.75, 3.05) is 0 Å². The summed E-state index contributed by atoms with van der Waals surface area (Å²) >= 11 is 0. The number of nitrogens with one attached hydrogen (secondary N) is 1. The summed E-state index contributed by atoms with van der Waals surface area (Å²) in [5.41, 5.74) is 12.5. The van der Waals surface area contributed by atoms with Crippen LogP contribution in [0, 0.1) is 6.92 Å². The molecule has 0 saturated heterocycles. The van der Waals surface area contributed by atoms with Gasteiger partial charge >= 0.3 is 0 Å². The van der Waals surface area contributed by atoms with Crippen molar-refractivity contribution in [1.82, 2.24) is 9.97 Å². The average molecular weight is 385 g/mol. The molecule has 0 aliphatic heterocycles. The van der Waals surface area contributed by atoms with Gasteiger partial charge in [-0.25, -0.2) is 4.98 Å². The van der Waals surface area contributed by atoms with Gasteiger partial charge in [0, 0.05) is 23.3 Å². The summed E-state index contributed by atoms with van der Waals surface area (Å²) < 4.78 is 0. The molecule has 0 unspecified atom stereocenters. The van der Waals surface area contributed by atoms with Crippen molar-refractivity contribution in [3.8, 4) is 11.1 Å². The van der Waals surface area contributed by atoms with E-state index in [1.807, 2.05) is 43.5 Å². The predicted molar refractivity (Wildman–Crippen MR) is 115 cm³/mol. The molecule has 2 heterocycles. The number of carbonyl (C=O) groups excluding carboxylic acids is 1. The van der Waals surface area contributed by atoms with Crippen LogP contribution < -0.4 is 5.73 Å². The van der Waals surface area contributed by atoms with Gasteiger partial charge in [-0.1, -0.05) is 36.4 Å². The number of aryl methyl sites for hydroxylation is 1. The highest BCUT2D eigenvalue weighted by molar-refractivity contribution is 5.97. The second-order valence-electron chi connectivity index (χ2n) is 7.33. The number of carbonyl (C=O) groups is 1. The van der Waals surface area contributed by atoms with Gasteiger partial charge in [0.1, 0.15) is 5.65 Å². The minimum atomic E-state index is -0.413. The monoisotopic (exact) mass is 385 g/mol. The van der Waals surface area contributed by atoms with E-state index in [9.17, 15) is 9.90 Å². The Morgan fingerprint density at radius 3 is 2.34 bits per heavy atom. The molecule has 0 radical (unpaired) electrons. The quantitative estimate of drug-likeness (QED) is 0.490. The number of aromatic amines is 1. The van der Waals surface area contributed by atoms with Gasteiger partial charge in [-0.3, -0.25) is 4.79 Å². The molecule has 4 aromatic rings. The lowest BCUT2D eigenvalue weighted by molar-refractivity contribution is 0.100. The second-order valence-corrected chi connectivity index (χ2v) is 7.33. The molecule has 2 aromatic heterocycles. The maximum Gasteiger partial charge on any atom is 0.248 e. The number of rotatable bonds is 2. The Morgan fingerprint density at radius 1 is 1.07 bits per heavy atom. The van der Waals surface area contributed by atoms with E-state index in [2.05, 4.69) is 22.1 Å². The van der Waals surface area contributed by atoms with Gasteiger partial charge in [-0.05, 0) is 65.8 Å². The number of fused-ring (bicyclic) bond motifs is 2. The third-order valence-corrected chi connectivity index (χ3v) is 5.28. The zero-order chi connectivity index (χ0) is 20.4. The number of amides is 1. The topological polar surface area (TPSA) is 92.0 Å². The fourth-order valence-corrected chi connectivity index (χ4v) is 3.81. The van der Waals surface area contributed by atoms with Crippen LogP contribution in [0.1, 0.15) is 27.0 Å². The summed E-state index contributed by atoms with van der Waals surface area (Å²) in [7, 11) is 0. The molecular weight excluding hydrogens is 362 g/mol. The van der Waals surface area contributed by atoms with E-state index in [0.717, 1.165) is 40.6 Å². The van der Waals surface area contributed by atoms with Crippen molar-refractivity contribution in [1.29, 1.82) is 0 Å². The minimum Gasteiger partial charge on any atom is -0.392 e. The second kappa shape index (κ2) is 7.89. The standard InChI is InChI=1S/C15H13N3O.C9H10O/c1-9-8-18-15-13(9)12(6-7-17-15)10-2-4-11(5-3-10)14(16)19;10-9-5-7-3-1-2-4-8(7)6-9/h2-8H,1H3,(H2,16,19)(H,17,18);1-4,9-10H,5-6H2. The Hall–Kier alpha value is -3.44. The first kappa shape index (κ1) is 18.9. The number of H-pyrrole nitrogens is 1. The van der Waals surface area contributed by atoms with Crippen molar-refractivity contribution < 1.29 is 9.90 Å². The molecule has 1 aliphatic rings. The normalized spacial score (nSPS) is 13.0. The molecule has 0 saturated carbocycles. The van der Waals surface area contributed by atoms with Crippen LogP contribution in [-0.4, -0.2) is 27.1 Å². The van der Waals surface area contributed by atoms with Gasteiger partial charge in [0.25, 0.3) is 0 Å². The number of aliphatic hydroxyl groups excluding tert-OH is 1. The molecule has 5 heteroatoms. The highest BCUT2D eigenvalue weighted by Gasteiger charge is 2.17. The molecule has 0 atom stereocenters. The van der Waals surface area contributed by atoms with Crippen molar-refractivity contribution in [3.63, 3.8) is 0 Å². The molecule has 1 aliphatic carbocycles. The number of hydrogen-bond donors (Lipinski definition) is 3. The van der Waals surface area contributed by atoms with Crippen molar-refractivity contribution in [2.24, 2.45) is 5.73 Å². The van der Waals surface area contributed by atoms with E-state index >= 15 is 0 Å². The van der Waals surface area contributed by atoms with Crippen molar-refractivity contribution >= 4 is 16.9 Å². The molecule has 0 fully saturated rings. The predicted octanol–water partition coefficient (Wildman–Crippen LogP) is 3.78. The van der Waals surface area contributed by atoms with Crippen LogP contribution in [0.25, 0.3) is 22.2 Å². The third kappa shape index (κ3) is 3.91. The van der Waals surface area contributed by atoms with Gasteiger partial charge in [0.2, 0.25) is 5.91 Å². The number of nitrogens with two attached hydrogens (primary N) is 1. The Kier molecular flexibility index (Phi) is 5.14. The largest absolute Gasteiger partial charge is 0.392 e. The van der Waals surface area contributed by atoms with E-state index in [1.165, 1.54) is 11.1 Å². The Morgan fingerprint density at radius 2 is 1.72 bits per heavy atom. The molecule has 146 valence electrons. The number of primary amides is 1. The number of aromatic nitrogens is 2. The highest BCUT2D eigenvalue weighted by Crippen LogP contribution is 2.29.